The van der Waals surface area contributed by atoms with Gasteiger partial charge in [-0.3, -0.25) is 9.78 Å². The van der Waals surface area contributed by atoms with Gasteiger partial charge in [0.2, 0.25) is 5.82 Å². The minimum atomic E-state index is -0.469. The van der Waals surface area contributed by atoms with Gasteiger partial charge < -0.3 is 4.90 Å². The van der Waals surface area contributed by atoms with Gasteiger partial charge in [-0.2, -0.15) is 0 Å². The monoisotopic (exact) mass is 244 g/mol. The van der Waals surface area contributed by atoms with E-state index in [0.29, 0.717) is 6.54 Å². The van der Waals surface area contributed by atoms with Gasteiger partial charge in [-0.15, -0.1) is 5.10 Å². The summed E-state index contributed by atoms with van der Waals surface area (Å²) >= 11 is 0. The first-order valence-corrected chi connectivity index (χ1v) is 5.80. The number of aryl methyl sites for hydroxylation is 1. The van der Waals surface area contributed by atoms with Crippen LogP contribution in [0.1, 0.15) is 22.6 Å². The Hall–Kier alpha value is -2.37. The van der Waals surface area contributed by atoms with Crippen molar-refractivity contribution in [2.45, 2.75) is 12.8 Å². The van der Waals surface area contributed by atoms with Gasteiger partial charge in [0.15, 0.2) is 0 Å². The summed E-state index contributed by atoms with van der Waals surface area (Å²) in [4.78, 5) is 27.3. The van der Waals surface area contributed by atoms with E-state index in [2.05, 4.69) is 15.2 Å². The maximum absolute atomic E-state index is 12.2. The molecule has 0 aliphatic carbocycles. The Morgan fingerprint density at radius 2 is 2.17 bits per heavy atom. The van der Waals surface area contributed by atoms with Crippen molar-refractivity contribution in [2.24, 2.45) is 0 Å². The molecular weight excluding hydrogens is 232 g/mol. The molecule has 1 aliphatic rings. The molecule has 2 aromatic rings. The molecule has 2 N–H and O–H groups in total. The van der Waals surface area contributed by atoms with Crippen molar-refractivity contribution >= 4 is 11.6 Å². The third-order valence-electron chi connectivity index (χ3n) is 3.06. The molecule has 92 valence electrons. The number of fused-ring (bicyclic) bond motifs is 1. The second kappa shape index (κ2) is 4.14. The van der Waals surface area contributed by atoms with Gasteiger partial charge in [-0.1, -0.05) is 18.2 Å². The molecule has 1 aromatic heterocycles. The van der Waals surface area contributed by atoms with Crippen LogP contribution in [0, 0.1) is 0 Å². The van der Waals surface area contributed by atoms with Crippen LogP contribution in [0.5, 0.6) is 0 Å². The quantitative estimate of drug-likeness (QED) is 0.774. The van der Waals surface area contributed by atoms with E-state index in [1.165, 1.54) is 0 Å². The zero-order valence-electron chi connectivity index (χ0n) is 9.64. The fraction of sp³-hybridized carbons (Fsp3) is 0.250. The smallest absolute Gasteiger partial charge is 0.305 e. The van der Waals surface area contributed by atoms with Crippen molar-refractivity contribution in [1.29, 1.82) is 0 Å². The molecule has 6 nitrogen and oxygen atoms in total. The minimum absolute atomic E-state index is 0.0525. The number of anilines is 1. The second-order valence-electron chi connectivity index (χ2n) is 4.22. The van der Waals surface area contributed by atoms with Crippen LogP contribution >= 0.6 is 0 Å². The number of amides is 1. The third-order valence-corrected chi connectivity index (χ3v) is 3.06. The van der Waals surface area contributed by atoms with Gasteiger partial charge in [0.1, 0.15) is 0 Å². The van der Waals surface area contributed by atoms with E-state index in [1.807, 2.05) is 24.3 Å². The Morgan fingerprint density at radius 1 is 1.33 bits per heavy atom. The molecule has 2 heterocycles. The van der Waals surface area contributed by atoms with Gasteiger partial charge in [-0.05, 0) is 24.5 Å². The molecule has 0 spiro atoms. The van der Waals surface area contributed by atoms with Crippen LogP contribution in [0.25, 0.3) is 0 Å². The Bertz CT molecular complexity index is 643. The average Bonchev–Trinajstić information content (AvgIpc) is 2.84. The molecule has 3 rings (SSSR count). The topological polar surface area (TPSA) is 81.8 Å². The number of carbonyl (C=O) groups is 1. The van der Waals surface area contributed by atoms with Gasteiger partial charge in [0.05, 0.1) is 0 Å². The maximum atomic E-state index is 12.2. The van der Waals surface area contributed by atoms with E-state index in [-0.39, 0.29) is 11.7 Å². The SMILES string of the molecule is O=C(c1n[nH]c(=O)[nH]1)N1CCCc2ccccc21. The lowest BCUT2D eigenvalue weighted by atomic mass is 10.0. The molecule has 18 heavy (non-hydrogen) atoms. The van der Waals surface area contributed by atoms with Gasteiger partial charge in [0.25, 0.3) is 5.91 Å². The summed E-state index contributed by atoms with van der Waals surface area (Å²) in [7, 11) is 0. The molecule has 0 radical (unpaired) electrons. The number of hydrogen-bond donors (Lipinski definition) is 2. The maximum Gasteiger partial charge on any atom is 0.341 e. The minimum Gasteiger partial charge on any atom is -0.305 e. The van der Waals surface area contributed by atoms with Crippen LogP contribution < -0.4 is 10.6 Å². The average molecular weight is 244 g/mol. The second-order valence-corrected chi connectivity index (χ2v) is 4.22. The summed E-state index contributed by atoms with van der Waals surface area (Å²) in [5.41, 5.74) is 1.58. The third kappa shape index (κ3) is 1.71. The molecule has 0 saturated carbocycles. The van der Waals surface area contributed by atoms with Gasteiger partial charge in [-0.25, -0.2) is 9.89 Å². The predicted molar refractivity (Wildman–Crippen MR) is 65.6 cm³/mol. The molecule has 1 amide bonds. The molecule has 0 fully saturated rings. The summed E-state index contributed by atoms with van der Waals surface area (Å²) < 4.78 is 0. The van der Waals surface area contributed by atoms with Gasteiger partial charge >= 0.3 is 5.69 Å². The Balaban J connectivity index is 1.99. The van der Waals surface area contributed by atoms with Crippen LogP contribution in [0.2, 0.25) is 0 Å². The standard InChI is InChI=1S/C12H12N4O2/c17-11(10-13-12(18)15-14-10)16-7-3-5-8-4-1-2-6-9(8)16/h1-2,4,6H,3,5,7H2,(H2,13,14,15,18). The summed E-state index contributed by atoms with van der Waals surface area (Å²) in [6.45, 7) is 0.644. The number of benzene rings is 1. The molecule has 0 saturated heterocycles. The lowest BCUT2D eigenvalue weighted by Crippen LogP contribution is -2.36. The predicted octanol–water partition coefficient (Wildman–Crippen LogP) is 0.691. The zero-order valence-corrected chi connectivity index (χ0v) is 9.64. The number of para-hydroxylation sites is 1. The van der Waals surface area contributed by atoms with E-state index in [0.717, 1.165) is 24.1 Å². The van der Waals surface area contributed by atoms with Crippen LogP contribution in [0.15, 0.2) is 29.1 Å². The fourth-order valence-corrected chi connectivity index (χ4v) is 2.24. The van der Waals surface area contributed by atoms with Crippen molar-refractivity contribution in [3.63, 3.8) is 0 Å². The van der Waals surface area contributed by atoms with Crippen molar-refractivity contribution in [1.82, 2.24) is 15.2 Å². The fourth-order valence-electron chi connectivity index (χ4n) is 2.24. The van der Waals surface area contributed by atoms with Crippen molar-refractivity contribution < 1.29 is 4.79 Å². The number of hydrogen-bond acceptors (Lipinski definition) is 3. The number of aromatic amines is 2. The highest BCUT2D eigenvalue weighted by molar-refractivity contribution is 6.04. The Morgan fingerprint density at radius 3 is 2.94 bits per heavy atom. The summed E-state index contributed by atoms with van der Waals surface area (Å²) in [5.74, 6) is -0.225. The van der Waals surface area contributed by atoms with E-state index >= 15 is 0 Å². The largest absolute Gasteiger partial charge is 0.341 e. The number of rotatable bonds is 1. The zero-order chi connectivity index (χ0) is 12.5. The highest BCUT2D eigenvalue weighted by Gasteiger charge is 2.25. The summed E-state index contributed by atoms with van der Waals surface area (Å²) in [6, 6.07) is 7.79. The molecule has 0 atom stereocenters. The highest BCUT2D eigenvalue weighted by atomic mass is 16.2. The number of aromatic nitrogens is 3. The lowest BCUT2D eigenvalue weighted by Gasteiger charge is -2.28. The first-order valence-electron chi connectivity index (χ1n) is 5.80. The first-order chi connectivity index (χ1) is 8.75. The van der Waals surface area contributed by atoms with Crippen LogP contribution in [-0.4, -0.2) is 27.6 Å². The van der Waals surface area contributed by atoms with E-state index in [9.17, 15) is 9.59 Å². The number of nitrogens with one attached hydrogen (secondary N) is 2. The molecule has 6 heteroatoms. The van der Waals surface area contributed by atoms with Crippen LogP contribution in [0.4, 0.5) is 5.69 Å². The Labute approximate surface area is 103 Å². The summed E-state index contributed by atoms with van der Waals surface area (Å²) in [6.07, 6.45) is 1.88. The normalized spacial score (nSPS) is 14.3. The van der Waals surface area contributed by atoms with E-state index in [1.54, 1.807) is 4.90 Å². The highest BCUT2D eigenvalue weighted by Crippen LogP contribution is 2.27. The summed E-state index contributed by atoms with van der Waals surface area (Å²) in [5, 5.41) is 5.88. The van der Waals surface area contributed by atoms with Gasteiger partial charge in [0, 0.05) is 12.2 Å². The molecular formula is C12H12N4O2. The van der Waals surface area contributed by atoms with E-state index in [4.69, 9.17) is 0 Å². The van der Waals surface area contributed by atoms with Crippen LogP contribution in [-0.2, 0) is 6.42 Å². The number of H-pyrrole nitrogens is 2. The molecule has 1 aromatic carbocycles. The first kappa shape index (κ1) is 10.8. The number of nitrogens with zero attached hydrogens (tertiary/aromatic N) is 2. The molecule has 1 aliphatic heterocycles. The van der Waals surface area contributed by atoms with Crippen LogP contribution in [0.3, 0.4) is 0 Å². The Kier molecular flexibility index (Phi) is 2.47. The number of carbonyl (C=O) groups excluding carboxylic acids is 1. The van der Waals surface area contributed by atoms with Crippen molar-refractivity contribution in [2.75, 3.05) is 11.4 Å². The lowest BCUT2D eigenvalue weighted by molar-refractivity contribution is 0.0975. The van der Waals surface area contributed by atoms with Crippen molar-refractivity contribution in [3.05, 3.63) is 46.1 Å². The molecule has 0 bridgehead atoms. The van der Waals surface area contributed by atoms with E-state index < -0.39 is 5.69 Å². The van der Waals surface area contributed by atoms with Crippen molar-refractivity contribution in [3.8, 4) is 0 Å². The molecule has 0 unspecified atom stereocenters.